The van der Waals surface area contributed by atoms with E-state index in [9.17, 15) is 14.9 Å². The molecule has 0 aliphatic heterocycles. The van der Waals surface area contributed by atoms with Crippen molar-refractivity contribution in [2.75, 3.05) is 7.11 Å². The first kappa shape index (κ1) is 15.2. The molecule has 7 heteroatoms. The number of nitro groups is 1. The third kappa shape index (κ3) is 3.26. The lowest BCUT2D eigenvalue weighted by Crippen LogP contribution is -2.03. The van der Waals surface area contributed by atoms with Crippen LogP contribution >= 0.6 is 0 Å². The summed E-state index contributed by atoms with van der Waals surface area (Å²) in [4.78, 5) is 25.1. The number of aromatic nitrogens is 1. The van der Waals surface area contributed by atoms with Gasteiger partial charge in [-0.05, 0) is 18.2 Å². The van der Waals surface area contributed by atoms with Gasteiger partial charge in [-0.15, -0.1) is 0 Å². The minimum atomic E-state index is -1.28. The van der Waals surface area contributed by atoms with Gasteiger partial charge in [-0.3, -0.25) is 10.1 Å². The van der Waals surface area contributed by atoms with Gasteiger partial charge in [-0.25, -0.2) is 9.78 Å². The highest BCUT2D eigenvalue weighted by atomic mass is 16.6. The fourth-order valence-corrected chi connectivity index (χ4v) is 1.84. The third-order valence-corrected chi connectivity index (χ3v) is 2.90. The maximum absolute atomic E-state index is 11.2. The predicted molar refractivity (Wildman–Crippen MR) is 79.8 cm³/mol. The van der Waals surface area contributed by atoms with Gasteiger partial charge >= 0.3 is 5.97 Å². The van der Waals surface area contributed by atoms with E-state index in [0.29, 0.717) is 5.75 Å². The molecule has 7 nitrogen and oxygen atoms in total. The first-order valence-corrected chi connectivity index (χ1v) is 6.21. The van der Waals surface area contributed by atoms with Crippen LogP contribution < -0.4 is 4.74 Å². The van der Waals surface area contributed by atoms with Gasteiger partial charge in [0.2, 0.25) is 0 Å². The summed E-state index contributed by atoms with van der Waals surface area (Å²) < 4.78 is 5.18. The zero-order chi connectivity index (χ0) is 16.1. The summed E-state index contributed by atoms with van der Waals surface area (Å²) in [5.74, 6) is -0.659. The third-order valence-electron chi connectivity index (χ3n) is 2.90. The number of pyridine rings is 1. The van der Waals surface area contributed by atoms with Crippen LogP contribution in [0.5, 0.6) is 5.75 Å². The lowest BCUT2D eigenvalue weighted by molar-refractivity contribution is -0.385. The molecule has 0 fully saturated rings. The number of ether oxygens (including phenoxy) is 1. The molecule has 0 aliphatic carbocycles. The van der Waals surface area contributed by atoms with Gasteiger partial charge in [0.1, 0.15) is 11.9 Å². The summed E-state index contributed by atoms with van der Waals surface area (Å²) in [6, 6.07) is 8.16. The van der Waals surface area contributed by atoms with Crippen LogP contribution in [0.3, 0.4) is 0 Å². The number of hydrogen-bond donors (Lipinski definition) is 1. The Morgan fingerprint density at radius 2 is 2.09 bits per heavy atom. The standard InChI is InChI=1S/C15H12N2O5/c1-22-14-5-3-2-4-10(14)6-7-13-12(15(18)19)8-11(9-16-13)17(20)21/h2-9H,1H3,(H,18,19). The molecule has 2 aromatic rings. The molecule has 0 bridgehead atoms. The van der Waals surface area contributed by atoms with Crippen LogP contribution in [0.15, 0.2) is 36.5 Å². The average molecular weight is 300 g/mol. The fraction of sp³-hybridized carbons (Fsp3) is 0.0667. The van der Waals surface area contributed by atoms with E-state index in [-0.39, 0.29) is 16.9 Å². The van der Waals surface area contributed by atoms with Crippen LogP contribution in [0.4, 0.5) is 5.69 Å². The monoisotopic (exact) mass is 300 g/mol. The zero-order valence-electron chi connectivity index (χ0n) is 11.6. The van der Waals surface area contributed by atoms with Crippen molar-refractivity contribution in [3.63, 3.8) is 0 Å². The van der Waals surface area contributed by atoms with Crippen molar-refractivity contribution in [2.24, 2.45) is 0 Å². The Morgan fingerprint density at radius 1 is 1.36 bits per heavy atom. The van der Waals surface area contributed by atoms with E-state index in [1.807, 2.05) is 12.1 Å². The molecule has 1 heterocycles. The van der Waals surface area contributed by atoms with Crippen LogP contribution in [0.1, 0.15) is 21.6 Å². The molecule has 2 rings (SSSR count). The van der Waals surface area contributed by atoms with Gasteiger partial charge in [0.25, 0.3) is 5.69 Å². The molecule has 0 saturated heterocycles. The lowest BCUT2D eigenvalue weighted by Gasteiger charge is -2.04. The Kier molecular flexibility index (Phi) is 4.47. The van der Waals surface area contributed by atoms with E-state index in [1.54, 1.807) is 18.2 Å². The highest BCUT2D eigenvalue weighted by Crippen LogP contribution is 2.22. The van der Waals surface area contributed by atoms with Gasteiger partial charge in [-0.1, -0.05) is 18.2 Å². The molecular formula is C15H12N2O5. The quantitative estimate of drug-likeness (QED) is 0.672. The number of rotatable bonds is 5. The Bertz CT molecular complexity index is 755. The number of nitrogens with zero attached hydrogens (tertiary/aromatic N) is 2. The van der Waals surface area contributed by atoms with Gasteiger partial charge in [0, 0.05) is 11.6 Å². The van der Waals surface area contributed by atoms with Gasteiger partial charge in [0.05, 0.1) is 23.3 Å². The van der Waals surface area contributed by atoms with E-state index in [2.05, 4.69) is 4.98 Å². The van der Waals surface area contributed by atoms with E-state index in [4.69, 9.17) is 9.84 Å². The summed E-state index contributed by atoms with van der Waals surface area (Å²) in [5, 5.41) is 19.8. The lowest BCUT2D eigenvalue weighted by atomic mass is 10.1. The van der Waals surface area contributed by atoms with Gasteiger partial charge in [-0.2, -0.15) is 0 Å². The molecule has 22 heavy (non-hydrogen) atoms. The second kappa shape index (κ2) is 6.49. The maximum Gasteiger partial charge on any atom is 0.338 e. The number of methoxy groups -OCH3 is 1. The summed E-state index contributed by atoms with van der Waals surface area (Å²) in [6.45, 7) is 0. The smallest absolute Gasteiger partial charge is 0.338 e. The van der Waals surface area contributed by atoms with Crippen molar-refractivity contribution in [1.29, 1.82) is 0 Å². The van der Waals surface area contributed by atoms with E-state index >= 15 is 0 Å². The van der Waals surface area contributed by atoms with Gasteiger partial charge in [0.15, 0.2) is 0 Å². The number of carboxylic acid groups (broad SMARTS) is 1. The molecule has 0 spiro atoms. The van der Waals surface area contributed by atoms with Crippen molar-refractivity contribution < 1.29 is 19.6 Å². The second-order valence-corrected chi connectivity index (χ2v) is 4.26. The number of carboxylic acids is 1. The normalized spacial score (nSPS) is 10.6. The summed E-state index contributed by atoms with van der Waals surface area (Å²) in [6.07, 6.45) is 4.14. The largest absolute Gasteiger partial charge is 0.496 e. The molecule has 1 N–H and O–H groups in total. The highest BCUT2D eigenvalue weighted by Gasteiger charge is 2.15. The van der Waals surface area contributed by atoms with Crippen molar-refractivity contribution in [1.82, 2.24) is 4.98 Å². The molecule has 1 aromatic heterocycles. The van der Waals surface area contributed by atoms with E-state index < -0.39 is 10.9 Å². The minimum Gasteiger partial charge on any atom is -0.496 e. The van der Waals surface area contributed by atoms with Gasteiger partial charge < -0.3 is 9.84 Å². The van der Waals surface area contributed by atoms with E-state index in [0.717, 1.165) is 17.8 Å². The van der Waals surface area contributed by atoms with Crippen molar-refractivity contribution in [3.05, 3.63) is 63.5 Å². The number of benzene rings is 1. The average Bonchev–Trinajstić information content (AvgIpc) is 2.52. The summed E-state index contributed by atoms with van der Waals surface area (Å²) >= 11 is 0. The molecule has 0 atom stereocenters. The van der Waals surface area contributed by atoms with Crippen LogP contribution in [0.25, 0.3) is 12.2 Å². The Morgan fingerprint density at radius 3 is 2.73 bits per heavy atom. The first-order chi connectivity index (χ1) is 10.5. The molecule has 0 amide bonds. The summed E-state index contributed by atoms with van der Waals surface area (Å²) in [5.41, 5.74) is 0.262. The zero-order valence-corrected chi connectivity index (χ0v) is 11.6. The molecule has 112 valence electrons. The van der Waals surface area contributed by atoms with Crippen LogP contribution in [-0.4, -0.2) is 28.1 Å². The van der Waals surface area contributed by atoms with Crippen LogP contribution in [0, 0.1) is 10.1 Å². The Labute approximate surface area is 125 Å². The SMILES string of the molecule is COc1ccccc1C=Cc1ncc([N+](=O)[O-])cc1C(=O)O. The topological polar surface area (TPSA) is 103 Å². The van der Waals surface area contributed by atoms with Crippen LogP contribution in [0.2, 0.25) is 0 Å². The second-order valence-electron chi connectivity index (χ2n) is 4.26. The maximum atomic E-state index is 11.2. The fourth-order valence-electron chi connectivity index (χ4n) is 1.84. The molecule has 0 saturated carbocycles. The first-order valence-electron chi connectivity index (χ1n) is 6.21. The number of aromatic carboxylic acids is 1. The summed E-state index contributed by atoms with van der Waals surface area (Å²) in [7, 11) is 1.53. The molecule has 1 aromatic carbocycles. The van der Waals surface area contributed by atoms with Crippen molar-refractivity contribution in [2.45, 2.75) is 0 Å². The molecule has 0 unspecified atom stereocenters. The van der Waals surface area contributed by atoms with E-state index in [1.165, 1.54) is 13.2 Å². The Balaban J connectivity index is 2.42. The molecule has 0 aliphatic rings. The van der Waals surface area contributed by atoms with Crippen molar-refractivity contribution in [3.8, 4) is 5.75 Å². The molecular weight excluding hydrogens is 288 g/mol. The number of hydrogen-bond acceptors (Lipinski definition) is 5. The molecule has 0 radical (unpaired) electrons. The number of carbonyl (C=O) groups is 1. The minimum absolute atomic E-state index is 0.129. The Hall–Kier alpha value is -3.22. The van der Waals surface area contributed by atoms with Crippen LogP contribution in [-0.2, 0) is 0 Å². The van der Waals surface area contributed by atoms with Crippen molar-refractivity contribution >= 4 is 23.8 Å². The number of para-hydroxylation sites is 1. The highest BCUT2D eigenvalue weighted by molar-refractivity contribution is 5.93. The predicted octanol–water partition coefficient (Wildman–Crippen LogP) is 2.87.